The van der Waals surface area contributed by atoms with E-state index in [4.69, 9.17) is 14.2 Å². The lowest BCUT2D eigenvalue weighted by Gasteiger charge is -2.34. The van der Waals surface area contributed by atoms with Crippen LogP contribution < -0.4 is 9.47 Å². The van der Waals surface area contributed by atoms with Crippen molar-refractivity contribution in [1.29, 1.82) is 0 Å². The Kier molecular flexibility index (Phi) is 5.79. The number of rotatable bonds is 4. The number of benzene rings is 2. The van der Waals surface area contributed by atoms with Gasteiger partial charge in [0.2, 0.25) is 0 Å². The Bertz CT molecular complexity index is 829. The molecule has 1 aliphatic rings. The fourth-order valence-electron chi connectivity index (χ4n) is 3.12. The number of methoxy groups -OCH3 is 1. The Labute approximate surface area is 165 Å². The summed E-state index contributed by atoms with van der Waals surface area (Å²) in [5.74, 6) is 1.13. The number of aliphatic hydroxyl groups excluding tert-OH is 1. The molecule has 6 heteroatoms. The highest BCUT2D eigenvalue weighted by molar-refractivity contribution is 5.69. The zero-order chi connectivity index (χ0) is 20.3. The largest absolute Gasteiger partial charge is 0.493 e. The first-order valence-corrected chi connectivity index (χ1v) is 9.30. The van der Waals surface area contributed by atoms with E-state index in [0.717, 1.165) is 16.7 Å². The Balaban J connectivity index is 1.80. The Hall–Kier alpha value is -2.73. The number of aliphatic hydroxyl groups is 1. The smallest absolute Gasteiger partial charge is 0.410 e. The third-order valence-electron chi connectivity index (χ3n) is 4.43. The summed E-state index contributed by atoms with van der Waals surface area (Å²) in [5.41, 5.74) is 2.01. The molecule has 0 radical (unpaired) electrons. The van der Waals surface area contributed by atoms with E-state index in [1.165, 1.54) is 4.90 Å². The number of carbonyl (C=O) groups excluding carboxylic acids is 1. The molecular formula is C22H27NO5. The van der Waals surface area contributed by atoms with E-state index in [2.05, 4.69) is 0 Å². The molecule has 0 spiro atoms. The maximum Gasteiger partial charge on any atom is 0.410 e. The fourth-order valence-corrected chi connectivity index (χ4v) is 3.12. The van der Waals surface area contributed by atoms with Crippen molar-refractivity contribution >= 4 is 6.09 Å². The molecular weight excluding hydrogens is 358 g/mol. The predicted molar refractivity (Wildman–Crippen MR) is 105 cm³/mol. The molecule has 3 rings (SSSR count). The molecule has 2 aromatic carbocycles. The number of β-amino-alcohol motifs (C(OH)–C–C–N with tert-alkyl or cyclic N) is 1. The highest BCUT2D eigenvalue weighted by Crippen LogP contribution is 2.37. The van der Waals surface area contributed by atoms with Crippen LogP contribution in [0, 0.1) is 0 Å². The molecule has 28 heavy (non-hydrogen) atoms. The van der Waals surface area contributed by atoms with Gasteiger partial charge in [0.05, 0.1) is 19.8 Å². The first-order valence-electron chi connectivity index (χ1n) is 9.30. The predicted octanol–water partition coefficient (Wildman–Crippen LogP) is 4.06. The summed E-state index contributed by atoms with van der Waals surface area (Å²) >= 11 is 0. The lowest BCUT2D eigenvalue weighted by Crippen LogP contribution is -2.41. The number of amides is 1. The van der Waals surface area contributed by atoms with Gasteiger partial charge in [-0.3, -0.25) is 0 Å². The molecule has 1 amide bonds. The van der Waals surface area contributed by atoms with E-state index >= 15 is 0 Å². The number of nitrogens with zero attached hydrogens (tertiary/aromatic N) is 1. The van der Waals surface area contributed by atoms with Crippen molar-refractivity contribution in [1.82, 2.24) is 4.90 Å². The lowest BCUT2D eigenvalue weighted by molar-refractivity contribution is 0.00819. The van der Waals surface area contributed by atoms with Gasteiger partial charge in [-0.2, -0.15) is 0 Å². The van der Waals surface area contributed by atoms with Crippen LogP contribution in [-0.2, 0) is 17.9 Å². The fraction of sp³-hybridized carbons (Fsp3) is 0.409. The van der Waals surface area contributed by atoms with Crippen LogP contribution in [0.3, 0.4) is 0 Å². The van der Waals surface area contributed by atoms with E-state index < -0.39 is 17.8 Å². The molecule has 150 valence electrons. The molecule has 1 heterocycles. The summed E-state index contributed by atoms with van der Waals surface area (Å²) in [6, 6.07) is 13.5. The van der Waals surface area contributed by atoms with Gasteiger partial charge in [0, 0.05) is 6.54 Å². The topological polar surface area (TPSA) is 68.2 Å². The van der Waals surface area contributed by atoms with Gasteiger partial charge in [-0.25, -0.2) is 4.79 Å². The maximum atomic E-state index is 12.4. The summed E-state index contributed by atoms with van der Waals surface area (Å²) in [4.78, 5) is 13.9. The Morgan fingerprint density at radius 2 is 1.89 bits per heavy atom. The van der Waals surface area contributed by atoms with Crippen LogP contribution in [0.15, 0.2) is 42.5 Å². The number of carbonyl (C=O) groups is 1. The van der Waals surface area contributed by atoms with Crippen molar-refractivity contribution in [2.24, 2.45) is 0 Å². The SMILES string of the molecule is COc1cc2c(cc1OCc1ccccc1)C(O)CN(C(=O)OC(C)(C)C)C2. The molecule has 1 N–H and O–H groups in total. The quantitative estimate of drug-likeness (QED) is 0.860. The van der Waals surface area contributed by atoms with E-state index in [0.29, 0.717) is 24.7 Å². The molecule has 0 fully saturated rings. The van der Waals surface area contributed by atoms with Gasteiger partial charge < -0.3 is 24.2 Å². The van der Waals surface area contributed by atoms with Crippen molar-refractivity contribution in [3.05, 3.63) is 59.2 Å². The van der Waals surface area contributed by atoms with Crippen LogP contribution in [0.5, 0.6) is 11.5 Å². The molecule has 1 aliphatic heterocycles. The lowest BCUT2D eigenvalue weighted by atomic mass is 9.96. The molecule has 6 nitrogen and oxygen atoms in total. The van der Waals surface area contributed by atoms with Gasteiger partial charge in [-0.15, -0.1) is 0 Å². The number of ether oxygens (including phenoxy) is 3. The van der Waals surface area contributed by atoms with Crippen LogP contribution in [0.4, 0.5) is 4.79 Å². The summed E-state index contributed by atoms with van der Waals surface area (Å²) in [6.07, 6.45) is -1.26. The van der Waals surface area contributed by atoms with Crippen molar-refractivity contribution in [3.8, 4) is 11.5 Å². The van der Waals surface area contributed by atoms with Crippen LogP contribution in [0.1, 0.15) is 43.6 Å². The van der Waals surface area contributed by atoms with E-state index in [-0.39, 0.29) is 6.54 Å². The molecule has 2 aromatic rings. The average Bonchev–Trinajstić information content (AvgIpc) is 2.65. The van der Waals surface area contributed by atoms with Gasteiger partial charge in [-0.1, -0.05) is 30.3 Å². The van der Waals surface area contributed by atoms with Crippen molar-refractivity contribution in [3.63, 3.8) is 0 Å². The maximum absolute atomic E-state index is 12.4. The van der Waals surface area contributed by atoms with Crippen molar-refractivity contribution in [2.75, 3.05) is 13.7 Å². The molecule has 0 saturated heterocycles. The molecule has 1 atom stereocenters. The Morgan fingerprint density at radius 1 is 1.18 bits per heavy atom. The second-order valence-electron chi connectivity index (χ2n) is 7.85. The summed E-state index contributed by atoms with van der Waals surface area (Å²) in [5, 5.41) is 10.6. The number of hydrogen-bond donors (Lipinski definition) is 1. The standard InChI is InChI=1S/C22H27NO5/c1-22(2,3)28-21(25)23-12-16-10-19(26-4)20(11-17(16)18(24)13-23)27-14-15-8-6-5-7-9-15/h5-11,18,24H,12-14H2,1-4H3. The Morgan fingerprint density at radius 3 is 2.54 bits per heavy atom. The van der Waals surface area contributed by atoms with Gasteiger partial charge in [0.1, 0.15) is 12.2 Å². The highest BCUT2D eigenvalue weighted by Gasteiger charge is 2.31. The molecule has 0 aromatic heterocycles. The van der Waals surface area contributed by atoms with Gasteiger partial charge in [0.25, 0.3) is 0 Å². The van der Waals surface area contributed by atoms with Gasteiger partial charge in [0.15, 0.2) is 11.5 Å². The van der Waals surface area contributed by atoms with Crippen LogP contribution >= 0.6 is 0 Å². The summed E-state index contributed by atoms with van der Waals surface area (Å²) < 4.78 is 16.8. The minimum Gasteiger partial charge on any atom is -0.493 e. The zero-order valence-corrected chi connectivity index (χ0v) is 16.8. The number of hydrogen-bond acceptors (Lipinski definition) is 5. The molecule has 0 bridgehead atoms. The third-order valence-corrected chi connectivity index (χ3v) is 4.43. The second-order valence-corrected chi connectivity index (χ2v) is 7.85. The molecule has 1 unspecified atom stereocenters. The average molecular weight is 385 g/mol. The van der Waals surface area contributed by atoms with Gasteiger partial charge in [-0.05, 0) is 49.6 Å². The minimum absolute atomic E-state index is 0.173. The van der Waals surface area contributed by atoms with Gasteiger partial charge >= 0.3 is 6.09 Å². The van der Waals surface area contributed by atoms with Crippen LogP contribution in [-0.4, -0.2) is 35.4 Å². The van der Waals surface area contributed by atoms with Crippen LogP contribution in [0.25, 0.3) is 0 Å². The highest BCUT2D eigenvalue weighted by atomic mass is 16.6. The first-order chi connectivity index (χ1) is 13.3. The van der Waals surface area contributed by atoms with E-state index in [1.807, 2.05) is 57.2 Å². The monoisotopic (exact) mass is 385 g/mol. The molecule has 0 aliphatic carbocycles. The normalized spacial score (nSPS) is 16.3. The zero-order valence-electron chi connectivity index (χ0n) is 16.8. The van der Waals surface area contributed by atoms with E-state index in [1.54, 1.807) is 13.2 Å². The molecule has 0 saturated carbocycles. The third kappa shape index (κ3) is 4.75. The minimum atomic E-state index is -0.818. The van der Waals surface area contributed by atoms with E-state index in [9.17, 15) is 9.90 Å². The first kappa shape index (κ1) is 20.0. The van der Waals surface area contributed by atoms with Crippen molar-refractivity contribution in [2.45, 2.75) is 45.6 Å². The summed E-state index contributed by atoms with van der Waals surface area (Å²) in [6.45, 7) is 6.37. The number of fused-ring (bicyclic) bond motifs is 1. The van der Waals surface area contributed by atoms with Crippen LogP contribution in [0.2, 0.25) is 0 Å². The second kappa shape index (κ2) is 8.10. The van der Waals surface area contributed by atoms with Crippen molar-refractivity contribution < 1.29 is 24.1 Å². The summed E-state index contributed by atoms with van der Waals surface area (Å²) in [7, 11) is 1.57.